The first-order valence-electron chi connectivity index (χ1n) is 37.9. The third-order valence-electron chi connectivity index (χ3n) is 21.6. The van der Waals surface area contributed by atoms with Crippen LogP contribution in [-0.4, -0.2) is 187 Å². The molecule has 2 N–H and O–H groups in total. The van der Waals surface area contributed by atoms with Crippen LogP contribution in [0.2, 0.25) is 0 Å². The predicted octanol–water partition coefficient (Wildman–Crippen LogP) is 12.6. The van der Waals surface area contributed by atoms with Crippen molar-refractivity contribution in [1.82, 2.24) is 43.2 Å². The number of anilines is 3. The number of nitrogens with zero attached hydrogens (tertiary/aromatic N) is 13. The van der Waals surface area contributed by atoms with Crippen LogP contribution < -0.4 is 51.8 Å². The molecule has 0 spiro atoms. The van der Waals surface area contributed by atoms with Crippen molar-refractivity contribution in [3.05, 3.63) is 173 Å². The lowest BCUT2D eigenvalue weighted by molar-refractivity contribution is 0.0830. The quantitative estimate of drug-likeness (QED) is 0.0636. The van der Waals surface area contributed by atoms with Crippen LogP contribution in [-0.2, 0) is 43.2 Å². The Bertz CT molecular complexity index is 5160. The van der Waals surface area contributed by atoms with E-state index in [-0.39, 0.29) is 55.3 Å². The summed E-state index contributed by atoms with van der Waals surface area (Å²) in [5.74, 6) is 4.46. The van der Waals surface area contributed by atoms with Crippen molar-refractivity contribution < 1.29 is 58.4 Å². The van der Waals surface area contributed by atoms with Crippen LogP contribution in [0.5, 0.6) is 40.2 Å². The maximum Gasteiger partial charge on any atom is 0.266 e. The van der Waals surface area contributed by atoms with Gasteiger partial charge in [-0.1, -0.05) is 44.4 Å². The standard InChI is InChI=1S/C29H33N5O5S2.C21H23N3O5S2.C20H23N5O3S2.C9H14N2/c1-37-22-7-6-21(27(15-22)38-2)18-34(29-31-19-32-40-29)41(35,36)23-8-9-24-26(11-14-39-28(24)16-23)33-13-4-3-5-25(33)20-10-12-30-17-20;1-14-8-9-29-20-11-17(6-7-18(14)20)31(25,26)24(21-22-13-23-30-21)12-15-4-5-16(27-2)10-19(15)28-3;26-30(27,24-20-22-13-23-29-20)15-4-5-16-18(7-10-28-19(16)11-15)25-9-2-1-3-17(25)14-6-8-21-12-14;1-2-5-11-9(3-1)8-4-6-10-7-8/h6-10,12,15-16,19,25-26H,3-5,11,13-14,17-18H2,1-2H3;4-7,10-11,13-14H,8-9,12H2,1-3H3;4-6,8,11,13,17-18H,1-3,7,9-10,12H2,(H,22,23,24);4,6,9,11H,1-3,5,7H2/t25?,26-;14-;17-,18-;/m010./s1. The molecule has 113 heavy (non-hydrogen) atoms. The molecule has 0 bridgehead atoms. The van der Waals surface area contributed by atoms with Crippen molar-refractivity contribution in [2.24, 2.45) is 15.0 Å². The van der Waals surface area contributed by atoms with E-state index in [1.807, 2.05) is 36.8 Å². The molecule has 34 heteroatoms. The number of aliphatic imine (C=N–C) groups is 3. The zero-order valence-electron chi connectivity index (χ0n) is 63.7. The van der Waals surface area contributed by atoms with E-state index < -0.39 is 30.1 Å². The lowest BCUT2D eigenvalue weighted by atomic mass is 9.89. The molecule has 17 rings (SSSR count). The highest BCUT2D eigenvalue weighted by Gasteiger charge is 2.40. The van der Waals surface area contributed by atoms with Gasteiger partial charge in [-0.05, 0) is 153 Å². The average molecular weight is 1650 g/mol. The van der Waals surface area contributed by atoms with E-state index in [9.17, 15) is 25.3 Å². The molecule has 0 saturated carbocycles. The fourth-order valence-corrected chi connectivity index (χ4v) is 21.7. The molecule has 12 heterocycles. The second-order valence-corrected chi connectivity index (χ2v) is 36.0. The van der Waals surface area contributed by atoms with Crippen LogP contribution in [0.15, 0.2) is 175 Å². The number of nitrogens with one attached hydrogen (secondary N) is 2. The smallest absolute Gasteiger partial charge is 0.266 e. The molecule has 9 aliphatic rings. The third kappa shape index (κ3) is 18.6. The lowest BCUT2D eigenvalue weighted by Crippen LogP contribution is -2.44. The molecule has 2 unspecified atom stereocenters. The number of benzene rings is 5. The Hall–Kier alpha value is -9.26. The van der Waals surface area contributed by atoms with E-state index in [1.54, 1.807) is 94.1 Å². The summed E-state index contributed by atoms with van der Waals surface area (Å²) in [6.07, 6.45) is 29.9. The number of rotatable bonds is 22. The minimum absolute atomic E-state index is 0.0118. The number of allylic oxidation sites excluding steroid dienone is 3. The van der Waals surface area contributed by atoms with Crippen LogP contribution in [0.4, 0.5) is 15.4 Å². The molecule has 0 aliphatic carbocycles. The van der Waals surface area contributed by atoms with Gasteiger partial charge in [0.05, 0.1) is 95.7 Å². The SMILES string of the molecule is C1=NCC(C2CCCCN2)=C1.COc1ccc(CN(c2ncns2)S(=O)(=O)c2ccc3c(c2)OCC[C@@H]3N2CCCCC2C2=CC=NC2)c(OC)c1.COc1ccc(CN(c2ncns2)S(=O)(=O)c2ccc3c(c2)OCC[C@H]3C)c(OC)c1.O=S(=O)(Nc1ncns1)c1ccc2c(c1)OCC[C@@H]2N1CCCC[C@H]1C1=CC=NC1. The summed E-state index contributed by atoms with van der Waals surface area (Å²) >= 11 is 3.03. The molecule has 598 valence electrons. The molecular formula is C79H93N15O13S6. The highest BCUT2D eigenvalue weighted by Crippen LogP contribution is 2.46. The fourth-order valence-electron chi connectivity index (χ4n) is 15.8. The van der Waals surface area contributed by atoms with Gasteiger partial charge in [0.15, 0.2) is 0 Å². The Morgan fingerprint density at radius 2 is 0.947 bits per heavy atom. The first kappa shape index (κ1) is 80.4. The van der Waals surface area contributed by atoms with Gasteiger partial charge in [0, 0.05) is 149 Å². The molecule has 9 aliphatic heterocycles. The van der Waals surface area contributed by atoms with E-state index in [2.05, 4.69) is 88.0 Å². The van der Waals surface area contributed by atoms with Crippen LogP contribution >= 0.6 is 34.6 Å². The Labute approximate surface area is 672 Å². The number of aromatic nitrogens is 6. The topological polar surface area (TPSA) is 318 Å². The van der Waals surface area contributed by atoms with Crippen molar-refractivity contribution >= 4 is 98.7 Å². The molecular weight excluding hydrogens is 1560 g/mol. The van der Waals surface area contributed by atoms with E-state index >= 15 is 0 Å². The van der Waals surface area contributed by atoms with Crippen molar-refractivity contribution in [3.8, 4) is 40.2 Å². The Kier molecular flexibility index (Phi) is 26.2. The van der Waals surface area contributed by atoms with Crippen LogP contribution in [0.3, 0.4) is 0 Å². The second kappa shape index (κ2) is 36.9. The summed E-state index contributed by atoms with van der Waals surface area (Å²) in [7, 11) is -5.50. The highest BCUT2D eigenvalue weighted by molar-refractivity contribution is 7.93. The number of methoxy groups -OCH3 is 4. The van der Waals surface area contributed by atoms with Gasteiger partial charge >= 0.3 is 0 Å². The van der Waals surface area contributed by atoms with Gasteiger partial charge in [0.25, 0.3) is 30.1 Å². The summed E-state index contributed by atoms with van der Waals surface area (Å²) in [6.45, 7) is 9.51. The van der Waals surface area contributed by atoms with Gasteiger partial charge in [-0.3, -0.25) is 29.5 Å². The Morgan fingerprint density at radius 3 is 1.40 bits per heavy atom. The van der Waals surface area contributed by atoms with Gasteiger partial charge in [0.1, 0.15) is 59.2 Å². The summed E-state index contributed by atoms with van der Waals surface area (Å²) in [5, 5.41) is 4.29. The lowest BCUT2D eigenvalue weighted by Gasteiger charge is -2.44. The molecule has 28 nitrogen and oxygen atoms in total. The first-order valence-corrected chi connectivity index (χ1v) is 44.6. The molecule has 0 radical (unpaired) electrons. The van der Waals surface area contributed by atoms with Crippen LogP contribution in [0, 0.1) is 0 Å². The minimum Gasteiger partial charge on any atom is -0.497 e. The summed E-state index contributed by atoms with van der Waals surface area (Å²) in [6, 6.07) is 27.8. The van der Waals surface area contributed by atoms with Crippen molar-refractivity contribution in [2.45, 2.75) is 148 Å². The monoisotopic (exact) mass is 1650 g/mol. The zero-order valence-corrected chi connectivity index (χ0v) is 68.6. The zero-order chi connectivity index (χ0) is 78.5. The van der Waals surface area contributed by atoms with E-state index in [1.165, 1.54) is 96.5 Å². The second-order valence-electron chi connectivity index (χ2n) is 28.3. The number of sulfonamides is 3. The fraction of sp³-hybridized carbons (Fsp3) is 0.430. The molecule has 3 aromatic heterocycles. The molecule has 3 saturated heterocycles. The summed E-state index contributed by atoms with van der Waals surface area (Å²) in [5.41, 5.74) is 8.66. The minimum atomic E-state index is -4.03. The summed E-state index contributed by atoms with van der Waals surface area (Å²) < 4.78 is 137. The molecule has 5 aromatic carbocycles. The highest BCUT2D eigenvalue weighted by atomic mass is 32.2. The van der Waals surface area contributed by atoms with Gasteiger partial charge in [-0.25, -0.2) is 48.8 Å². The van der Waals surface area contributed by atoms with Crippen molar-refractivity contribution in [1.29, 1.82) is 0 Å². The average Bonchev–Trinajstić information content (AvgIpc) is 1.57. The maximum atomic E-state index is 14.2. The van der Waals surface area contributed by atoms with Crippen molar-refractivity contribution in [2.75, 3.05) is 101 Å². The van der Waals surface area contributed by atoms with E-state index in [4.69, 9.17) is 33.2 Å². The number of piperidine rings is 3. The summed E-state index contributed by atoms with van der Waals surface area (Å²) in [4.78, 5) is 30.9. The number of likely N-dealkylation sites (tertiary alicyclic amines) is 2. The van der Waals surface area contributed by atoms with Gasteiger partial charge in [-0.2, -0.15) is 13.1 Å². The van der Waals surface area contributed by atoms with Gasteiger partial charge in [-0.15, -0.1) is 0 Å². The predicted molar refractivity (Wildman–Crippen MR) is 439 cm³/mol. The number of ether oxygens (including phenoxy) is 7. The Morgan fingerprint density at radius 1 is 0.487 bits per heavy atom. The van der Waals surface area contributed by atoms with Crippen molar-refractivity contribution in [3.63, 3.8) is 0 Å². The third-order valence-corrected chi connectivity index (χ3v) is 28.7. The molecule has 8 aromatic rings. The number of hydrogen-bond acceptors (Lipinski definition) is 28. The van der Waals surface area contributed by atoms with Crippen LogP contribution in [0.25, 0.3) is 0 Å². The largest absolute Gasteiger partial charge is 0.497 e. The Balaban J connectivity index is 0.000000133. The molecule has 6 atom stereocenters. The van der Waals surface area contributed by atoms with Gasteiger partial charge in [0.2, 0.25) is 15.4 Å². The van der Waals surface area contributed by atoms with E-state index in [0.29, 0.717) is 95.2 Å². The number of fused-ring (bicyclic) bond motifs is 3. The number of hydrogen-bond donors (Lipinski definition) is 2. The van der Waals surface area contributed by atoms with Crippen LogP contribution in [0.1, 0.15) is 130 Å². The van der Waals surface area contributed by atoms with E-state index in [0.717, 1.165) is 123 Å². The molecule has 0 amide bonds. The normalized spacial score (nSPS) is 21.2. The first-order chi connectivity index (χ1) is 55.0. The van der Waals surface area contributed by atoms with Gasteiger partial charge < -0.3 is 38.5 Å². The molecule has 3 fully saturated rings. The maximum absolute atomic E-state index is 14.2.